The smallest absolute Gasteiger partial charge is 0.215 e. The molecule has 0 atom stereocenters. The second-order valence-electron chi connectivity index (χ2n) is 3.19. The van der Waals surface area contributed by atoms with Crippen LogP contribution in [0.2, 0.25) is 0 Å². The van der Waals surface area contributed by atoms with Gasteiger partial charge < -0.3 is 9.84 Å². The quantitative estimate of drug-likeness (QED) is 0.806. The maximum atomic E-state index is 11.4. The Kier molecular flexibility index (Phi) is 4.14. The van der Waals surface area contributed by atoms with Crippen LogP contribution in [0.15, 0.2) is 18.2 Å². The van der Waals surface area contributed by atoms with Crippen molar-refractivity contribution in [1.82, 2.24) is 4.72 Å². The van der Waals surface area contributed by atoms with E-state index in [0.717, 1.165) is 0 Å². The Balaban J connectivity index is 3.05. The molecule has 0 radical (unpaired) electrons. The van der Waals surface area contributed by atoms with E-state index in [1.54, 1.807) is 6.07 Å². The van der Waals surface area contributed by atoms with Gasteiger partial charge in [-0.1, -0.05) is 0 Å². The van der Waals surface area contributed by atoms with E-state index in [1.165, 1.54) is 19.2 Å². The summed E-state index contributed by atoms with van der Waals surface area (Å²) in [5.41, 5.74) is 0.441. The lowest BCUT2D eigenvalue weighted by atomic mass is 10.2. The third-order valence-corrected chi connectivity index (χ3v) is 3.31. The lowest BCUT2D eigenvalue weighted by Gasteiger charge is -2.10. The second-order valence-corrected chi connectivity index (χ2v) is 5.11. The van der Waals surface area contributed by atoms with Crippen molar-refractivity contribution in [3.63, 3.8) is 0 Å². The first kappa shape index (κ1) is 12.8. The molecule has 1 aromatic rings. The molecule has 0 fully saturated rings. The molecule has 0 aliphatic rings. The maximum absolute atomic E-state index is 11.4. The molecule has 0 saturated carbocycles. The molecule has 6 heteroatoms. The van der Waals surface area contributed by atoms with Gasteiger partial charge in [0.2, 0.25) is 10.0 Å². The molecule has 5 nitrogen and oxygen atoms in total. The zero-order chi connectivity index (χ0) is 12.2. The maximum Gasteiger partial charge on any atom is 0.215 e. The molecule has 2 N–H and O–H groups in total. The number of rotatable bonds is 5. The van der Waals surface area contributed by atoms with E-state index in [-0.39, 0.29) is 11.5 Å². The van der Waals surface area contributed by atoms with Gasteiger partial charge in [-0.3, -0.25) is 0 Å². The van der Waals surface area contributed by atoms with Crippen molar-refractivity contribution in [1.29, 1.82) is 0 Å². The highest BCUT2D eigenvalue weighted by molar-refractivity contribution is 7.88. The third-order valence-electron chi connectivity index (χ3n) is 2.00. The molecule has 1 aromatic carbocycles. The average molecular weight is 245 g/mol. The molecule has 0 bridgehead atoms. The summed E-state index contributed by atoms with van der Waals surface area (Å²) in [5.74, 6) is 0.275. The van der Waals surface area contributed by atoms with Crippen molar-refractivity contribution in [2.24, 2.45) is 0 Å². The van der Waals surface area contributed by atoms with Crippen molar-refractivity contribution in [3.8, 4) is 11.5 Å². The fraction of sp³-hybridized carbons (Fsp3) is 0.400. The van der Waals surface area contributed by atoms with Crippen molar-refractivity contribution in [2.45, 2.75) is 12.7 Å². The summed E-state index contributed by atoms with van der Waals surface area (Å²) in [7, 11) is -2.03. The van der Waals surface area contributed by atoms with E-state index >= 15 is 0 Å². The number of phenolic OH excluding ortho intramolecular Hbond substituents is 1. The number of nitrogens with one attached hydrogen (secondary N) is 1. The van der Waals surface area contributed by atoms with Crippen LogP contribution in [0.5, 0.6) is 11.5 Å². The molecular weight excluding hydrogens is 230 g/mol. The third kappa shape index (κ3) is 3.39. The van der Waals surface area contributed by atoms with Crippen LogP contribution in [0.3, 0.4) is 0 Å². The summed E-state index contributed by atoms with van der Waals surface area (Å²) < 4.78 is 30.3. The number of hydrogen-bond acceptors (Lipinski definition) is 4. The first-order valence-corrected chi connectivity index (χ1v) is 6.49. The van der Waals surface area contributed by atoms with Crippen LogP contribution in [0.25, 0.3) is 0 Å². The minimum absolute atomic E-state index is 0.0183. The van der Waals surface area contributed by atoms with Crippen LogP contribution in [0.1, 0.15) is 12.5 Å². The largest absolute Gasteiger partial charge is 0.508 e. The van der Waals surface area contributed by atoms with E-state index in [1.807, 2.05) is 6.92 Å². The van der Waals surface area contributed by atoms with Gasteiger partial charge in [0.1, 0.15) is 11.5 Å². The van der Waals surface area contributed by atoms with Crippen LogP contribution < -0.4 is 9.46 Å². The zero-order valence-corrected chi connectivity index (χ0v) is 10.0. The molecular formula is C10H15NO4S. The van der Waals surface area contributed by atoms with Gasteiger partial charge in [0.25, 0.3) is 0 Å². The van der Waals surface area contributed by atoms with Crippen LogP contribution in [0.4, 0.5) is 0 Å². The SMILES string of the molecule is CCOc1ccc(O)cc1CS(=O)(=O)NC. The lowest BCUT2D eigenvalue weighted by Crippen LogP contribution is -2.20. The Morgan fingerprint density at radius 3 is 2.69 bits per heavy atom. The van der Waals surface area contributed by atoms with Gasteiger partial charge in [0, 0.05) is 5.56 Å². The minimum Gasteiger partial charge on any atom is -0.508 e. The van der Waals surface area contributed by atoms with Gasteiger partial charge in [-0.15, -0.1) is 0 Å². The highest BCUT2D eigenvalue weighted by atomic mass is 32.2. The predicted molar refractivity (Wildman–Crippen MR) is 61.0 cm³/mol. The number of hydrogen-bond donors (Lipinski definition) is 2. The van der Waals surface area contributed by atoms with Gasteiger partial charge in [0.05, 0.1) is 12.4 Å². The molecule has 0 heterocycles. The van der Waals surface area contributed by atoms with Crippen LogP contribution >= 0.6 is 0 Å². The molecule has 0 unspecified atom stereocenters. The van der Waals surface area contributed by atoms with E-state index in [4.69, 9.17) is 4.74 Å². The molecule has 0 amide bonds. The summed E-state index contributed by atoms with van der Waals surface area (Å²) in [4.78, 5) is 0. The number of phenols is 1. The number of sulfonamides is 1. The Bertz CT molecular complexity index is 456. The molecule has 16 heavy (non-hydrogen) atoms. The summed E-state index contributed by atoms with van der Waals surface area (Å²) >= 11 is 0. The fourth-order valence-electron chi connectivity index (χ4n) is 1.25. The van der Waals surface area contributed by atoms with E-state index in [9.17, 15) is 13.5 Å². The lowest BCUT2D eigenvalue weighted by molar-refractivity contribution is 0.336. The molecule has 0 aliphatic carbocycles. The standard InChI is InChI=1S/C10H15NO4S/c1-3-15-10-5-4-9(12)6-8(10)7-16(13,14)11-2/h4-6,11-12H,3,7H2,1-2H3. The highest BCUT2D eigenvalue weighted by Crippen LogP contribution is 2.25. The fourth-order valence-corrected chi connectivity index (χ4v) is 2.03. The predicted octanol–water partition coefficient (Wildman–Crippen LogP) is 0.840. The Morgan fingerprint density at radius 1 is 1.44 bits per heavy atom. The molecule has 90 valence electrons. The summed E-state index contributed by atoms with van der Waals surface area (Å²) in [6.07, 6.45) is 0. The van der Waals surface area contributed by atoms with Crippen LogP contribution in [-0.4, -0.2) is 27.2 Å². The summed E-state index contributed by atoms with van der Waals surface area (Å²) in [6.45, 7) is 2.25. The van der Waals surface area contributed by atoms with E-state index < -0.39 is 10.0 Å². The van der Waals surface area contributed by atoms with Crippen molar-refractivity contribution >= 4 is 10.0 Å². The van der Waals surface area contributed by atoms with E-state index in [2.05, 4.69) is 4.72 Å². The normalized spacial score (nSPS) is 11.4. The van der Waals surface area contributed by atoms with Gasteiger partial charge in [-0.25, -0.2) is 13.1 Å². The second kappa shape index (κ2) is 5.18. The number of ether oxygens (including phenoxy) is 1. The van der Waals surface area contributed by atoms with Crippen LogP contribution in [0, 0.1) is 0 Å². The summed E-state index contributed by atoms with van der Waals surface area (Å²) in [5, 5.41) is 9.30. The first-order valence-electron chi connectivity index (χ1n) is 4.84. The highest BCUT2D eigenvalue weighted by Gasteiger charge is 2.13. The van der Waals surface area contributed by atoms with Gasteiger partial charge in [-0.05, 0) is 32.2 Å². The number of benzene rings is 1. The molecule has 0 aromatic heterocycles. The molecule has 0 aliphatic heterocycles. The Labute approximate surface area is 95.1 Å². The van der Waals surface area contributed by atoms with Crippen LogP contribution in [-0.2, 0) is 15.8 Å². The van der Waals surface area contributed by atoms with E-state index in [0.29, 0.717) is 17.9 Å². The Morgan fingerprint density at radius 2 is 2.12 bits per heavy atom. The van der Waals surface area contributed by atoms with Crippen molar-refractivity contribution in [3.05, 3.63) is 23.8 Å². The average Bonchev–Trinajstić information content (AvgIpc) is 2.22. The first-order chi connectivity index (χ1) is 7.48. The molecule has 0 saturated heterocycles. The van der Waals surface area contributed by atoms with Crippen molar-refractivity contribution in [2.75, 3.05) is 13.7 Å². The molecule has 1 rings (SSSR count). The number of aromatic hydroxyl groups is 1. The van der Waals surface area contributed by atoms with Gasteiger partial charge in [-0.2, -0.15) is 0 Å². The monoisotopic (exact) mass is 245 g/mol. The minimum atomic E-state index is -3.37. The zero-order valence-electron chi connectivity index (χ0n) is 9.23. The van der Waals surface area contributed by atoms with Crippen molar-refractivity contribution < 1.29 is 18.3 Å². The molecule has 0 spiro atoms. The van der Waals surface area contributed by atoms with Gasteiger partial charge in [0.15, 0.2) is 0 Å². The Hall–Kier alpha value is -1.27. The summed E-state index contributed by atoms with van der Waals surface area (Å²) in [6, 6.07) is 4.40. The topological polar surface area (TPSA) is 75.6 Å². The van der Waals surface area contributed by atoms with Gasteiger partial charge >= 0.3 is 0 Å².